The first kappa shape index (κ1) is 12.6. The Morgan fingerprint density at radius 1 is 1.61 bits per heavy atom. The van der Waals surface area contributed by atoms with E-state index in [1.807, 2.05) is 23.8 Å². The van der Waals surface area contributed by atoms with Gasteiger partial charge in [-0.05, 0) is 29.3 Å². The predicted molar refractivity (Wildman–Crippen MR) is 72.2 cm³/mol. The van der Waals surface area contributed by atoms with Gasteiger partial charge in [-0.1, -0.05) is 0 Å². The molecule has 6 heteroatoms. The van der Waals surface area contributed by atoms with Gasteiger partial charge >= 0.3 is 0 Å². The zero-order valence-corrected chi connectivity index (χ0v) is 11.3. The third-order valence-corrected chi connectivity index (χ3v) is 3.38. The van der Waals surface area contributed by atoms with E-state index >= 15 is 0 Å². The molecule has 0 aromatic carbocycles. The second-order valence-corrected chi connectivity index (χ2v) is 5.03. The number of hydrogen-bond acceptors (Lipinski definition) is 4. The molecule has 0 radical (unpaired) electrons. The Morgan fingerprint density at radius 3 is 2.94 bits per heavy atom. The topological polar surface area (TPSA) is 64.2 Å². The molecule has 0 fully saturated rings. The summed E-state index contributed by atoms with van der Waals surface area (Å²) in [6.45, 7) is 2.65. The van der Waals surface area contributed by atoms with Crippen LogP contribution in [0.5, 0.6) is 0 Å². The molecule has 2 aromatic heterocycles. The van der Waals surface area contributed by atoms with Crippen LogP contribution in [0.2, 0.25) is 0 Å². The van der Waals surface area contributed by atoms with E-state index in [0.717, 1.165) is 11.3 Å². The van der Waals surface area contributed by atoms with Gasteiger partial charge in [-0.2, -0.15) is 16.4 Å². The fraction of sp³-hybridized carbons (Fsp3) is 0.333. The van der Waals surface area contributed by atoms with Crippen molar-refractivity contribution in [2.45, 2.75) is 20.0 Å². The molecule has 0 aliphatic carbocycles. The molecule has 0 aliphatic heterocycles. The van der Waals surface area contributed by atoms with Gasteiger partial charge in [0.1, 0.15) is 12.4 Å². The van der Waals surface area contributed by atoms with Crippen LogP contribution in [0.15, 0.2) is 22.9 Å². The highest BCUT2D eigenvalue weighted by Crippen LogP contribution is 2.10. The highest BCUT2D eigenvalue weighted by atomic mass is 32.1. The van der Waals surface area contributed by atoms with Crippen LogP contribution in [0.4, 0.5) is 5.82 Å². The molecule has 2 heterocycles. The average Bonchev–Trinajstić information content (AvgIpc) is 2.89. The van der Waals surface area contributed by atoms with E-state index in [9.17, 15) is 4.79 Å². The summed E-state index contributed by atoms with van der Waals surface area (Å²) in [7, 11) is 1.78. The quantitative estimate of drug-likeness (QED) is 0.910. The number of likely N-dealkylation sites (N-methyl/N-ethyl adjacent to an activating group) is 1. The minimum Gasteiger partial charge on any atom is -0.384 e. The molecule has 2 aromatic rings. The van der Waals surface area contributed by atoms with Crippen molar-refractivity contribution in [3.63, 3.8) is 0 Å². The molecule has 1 amide bonds. The fourth-order valence-corrected chi connectivity index (χ4v) is 2.35. The summed E-state index contributed by atoms with van der Waals surface area (Å²) in [6, 6.07) is 3.77. The number of nitrogens with zero attached hydrogens (tertiary/aromatic N) is 3. The minimum absolute atomic E-state index is 0.00370. The van der Waals surface area contributed by atoms with Gasteiger partial charge in [-0.3, -0.25) is 4.79 Å². The lowest BCUT2D eigenvalue weighted by molar-refractivity contribution is -0.131. The number of thiophene rings is 1. The molecule has 0 spiro atoms. The molecular weight excluding hydrogens is 248 g/mol. The largest absolute Gasteiger partial charge is 0.384 e. The monoisotopic (exact) mass is 264 g/mol. The third kappa shape index (κ3) is 2.89. The number of rotatable bonds is 4. The van der Waals surface area contributed by atoms with Crippen LogP contribution in [0.1, 0.15) is 11.3 Å². The van der Waals surface area contributed by atoms with Crippen molar-refractivity contribution < 1.29 is 4.79 Å². The van der Waals surface area contributed by atoms with E-state index in [4.69, 9.17) is 5.73 Å². The summed E-state index contributed by atoms with van der Waals surface area (Å²) < 4.78 is 1.53. The molecule has 96 valence electrons. The van der Waals surface area contributed by atoms with Crippen LogP contribution in [-0.2, 0) is 17.9 Å². The van der Waals surface area contributed by atoms with Crippen molar-refractivity contribution in [3.8, 4) is 0 Å². The number of carbonyl (C=O) groups is 1. The second kappa shape index (κ2) is 5.22. The number of carbonyl (C=O) groups excluding carboxylic acids is 1. The van der Waals surface area contributed by atoms with Gasteiger partial charge in [0, 0.05) is 19.7 Å². The van der Waals surface area contributed by atoms with E-state index < -0.39 is 0 Å². The Kier molecular flexibility index (Phi) is 3.66. The number of aryl methyl sites for hydroxylation is 1. The summed E-state index contributed by atoms with van der Waals surface area (Å²) in [5, 5.41) is 8.22. The number of amides is 1. The molecule has 2 rings (SSSR count). The number of hydrogen-bond donors (Lipinski definition) is 1. The summed E-state index contributed by atoms with van der Waals surface area (Å²) in [4.78, 5) is 13.7. The summed E-state index contributed by atoms with van der Waals surface area (Å²) in [5.74, 6) is 0.515. The van der Waals surface area contributed by atoms with Crippen LogP contribution in [-0.4, -0.2) is 27.6 Å². The predicted octanol–water partition coefficient (Wildman–Crippen LogP) is 1.49. The Morgan fingerprint density at radius 2 is 2.39 bits per heavy atom. The summed E-state index contributed by atoms with van der Waals surface area (Å²) in [6.07, 6.45) is 0. The zero-order valence-electron chi connectivity index (χ0n) is 10.5. The summed E-state index contributed by atoms with van der Waals surface area (Å²) in [5.41, 5.74) is 7.72. The van der Waals surface area contributed by atoms with Gasteiger partial charge in [-0.25, -0.2) is 4.68 Å². The van der Waals surface area contributed by atoms with Crippen molar-refractivity contribution >= 4 is 23.1 Å². The zero-order chi connectivity index (χ0) is 13.1. The Labute approximate surface area is 110 Å². The number of aromatic nitrogens is 2. The molecule has 0 unspecified atom stereocenters. The lowest BCUT2D eigenvalue weighted by Gasteiger charge is -2.16. The standard InChI is InChI=1S/C12H16N4OS/c1-9-5-11(13)16(14-9)7-12(17)15(2)6-10-3-4-18-8-10/h3-5,8H,6-7,13H2,1-2H3. The van der Waals surface area contributed by atoms with Crippen LogP contribution >= 0.6 is 11.3 Å². The van der Waals surface area contributed by atoms with Crippen LogP contribution in [0.3, 0.4) is 0 Å². The van der Waals surface area contributed by atoms with E-state index in [-0.39, 0.29) is 12.5 Å². The maximum absolute atomic E-state index is 12.0. The molecule has 5 nitrogen and oxygen atoms in total. The minimum atomic E-state index is -0.00370. The van der Waals surface area contributed by atoms with Crippen LogP contribution in [0.25, 0.3) is 0 Å². The molecule has 0 saturated heterocycles. The van der Waals surface area contributed by atoms with Crippen LogP contribution in [0, 0.1) is 6.92 Å². The lowest BCUT2D eigenvalue weighted by atomic mass is 10.3. The number of anilines is 1. The van der Waals surface area contributed by atoms with Gasteiger partial charge in [0.15, 0.2) is 0 Å². The first-order valence-electron chi connectivity index (χ1n) is 5.61. The highest BCUT2D eigenvalue weighted by Gasteiger charge is 2.12. The summed E-state index contributed by atoms with van der Waals surface area (Å²) >= 11 is 1.63. The molecular formula is C12H16N4OS. The van der Waals surface area contributed by atoms with Gasteiger partial charge in [0.05, 0.1) is 5.69 Å². The van der Waals surface area contributed by atoms with Crippen molar-refractivity contribution in [3.05, 3.63) is 34.2 Å². The second-order valence-electron chi connectivity index (χ2n) is 4.25. The number of nitrogens with two attached hydrogens (primary N) is 1. The molecule has 0 atom stereocenters. The normalized spacial score (nSPS) is 10.6. The lowest BCUT2D eigenvalue weighted by Crippen LogP contribution is -2.30. The molecule has 18 heavy (non-hydrogen) atoms. The van der Waals surface area contributed by atoms with E-state index in [1.54, 1.807) is 29.4 Å². The average molecular weight is 264 g/mol. The number of nitrogen functional groups attached to an aromatic ring is 1. The van der Waals surface area contributed by atoms with Gasteiger partial charge in [-0.15, -0.1) is 0 Å². The Balaban J connectivity index is 1.97. The maximum atomic E-state index is 12.0. The molecule has 2 N–H and O–H groups in total. The molecule has 0 saturated carbocycles. The smallest absolute Gasteiger partial charge is 0.244 e. The van der Waals surface area contributed by atoms with E-state index in [1.165, 1.54) is 4.68 Å². The van der Waals surface area contributed by atoms with E-state index in [2.05, 4.69) is 5.10 Å². The molecule has 0 bridgehead atoms. The van der Waals surface area contributed by atoms with Gasteiger partial charge in [0.25, 0.3) is 0 Å². The fourth-order valence-electron chi connectivity index (χ4n) is 1.69. The SMILES string of the molecule is Cc1cc(N)n(CC(=O)N(C)Cc2ccsc2)n1. The first-order chi connectivity index (χ1) is 8.56. The van der Waals surface area contributed by atoms with Crippen molar-refractivity contribution in [2.24, 2.45) is 0 Å². The van der Waals surface area contributed by atoms with Crippen molar-refractivity contribution in [2.75, 3.05) is 12.8 Å². The van der Waals surface area contributed by atoms with Crippen LogP contribution < -0.4 is 5.73 Å². The Hall–Kier alpha value is -1.82. The Bertz CT molecular complexity index is 532. The molecule has 0 aliphatic rings. The van der Waals surface area contributed by atoms with Crippen molar-refractivity contribution in [1.82, 2.24) is 14.7 Å². The third-order valence-electron chi connectivity index (χ3n) is 2.64. The van der Waals surface area contributed by atoms with Gasteiger partial charge in [0.2, 0.25) is 5.91 Å². The van der Waals surface area contributed by atoms with Crippen molar-refractivity contribution in [1.29, 1.82) is 0 Å². The van der Waals surface area contributed by atoms with Gasteiger partial charge < -0.3 is 10.6 Å². The maximum Gasteiger partial charge on any atom is 0.244 e. The first-order valence-corrected chi connectivity index (χ1v) is 6.55. The highest BCUT2D eigenvalue weighted by molar-refractivity contribution is 7.07. The van der Waals surface area contributed by atoms with E-state index in [0.29, 0.717) is 12.4 Å².